The fourth-order valence-corrected chi connectivity index (χ4v) is 0.556. The first-order chi connectivity index (χ1) is 4.30. The van der Waals surface area contributed by atoms with Crippen molar-refractivity contribution in [3.8, 4) is 0 Å². The molecule has 0 aromatic heterocycles. The summed E-state index contributed by atoms with van der Waals surface area (Å²) in [7, 11) is 0. The fourth-order valence-electron chi connectivity index (χ4n) is 0.556. The van der Waals surface area contributed by atoms with Gasteiger partial charge in [-0.25, -0.2) is 0 Å². The topological polar surface area (TPSA) is 41.1 Å². The van der Waals surface area contributed by atoms with Gasteiger partial charge in [0.25, 0.3) is 0 Å². The first-order valence-electron chi connectivity index (χ1n) is 2.69. The van der Waals surface area contributed by atoms with E-state index in [1.807, 2.05) is 0 Å². The third-order valence-electron chi connectivity index (χ3n) is 1.03. The van der Waals surface area contributed by atoms with Gasteiger partial charge in [-0.2, -0.15) is 0 Å². The molecular weight excluding hydrogens is 116 g/mol. The zero-order valence-electron chi connectivity index (χ0n) is 5.14. The molecule has 0 spiro atoms. The van der Waals surface area contributed by atoms with Gasteiger partial charge in [-0.3, -0.25) is 4.79 Å². The highest BCUT2D eigenvalue weighted by atomic mass is 16.1. The predicted octanol–water partition coefficient (Wildman–Crippen LogP) is 0.0808. The molecule has 1 rings (SSSR count). The summed E-state index contributed by atoms with van der Waals surface area (Å²) in [6.45, 7) is 1.51. The standard InChI is InChI=1S/C6H8N2O/c1-5(9)6-4-7-2-3-8-6/h2-4,7-8H,1H3. The number of carbonyl (C=O) groups excluding carboxylic acids is 1. The van der Waals surface area contributed by atoms with Gasteiger partial charge in [0.15, 0.2) is 5.78 Å². The lowest BCUT2D eigenvalue weighted by Crippen LogP contribution is -2.19. The molecule has 0 fully saturated rings. The first kappa shape index (κ1) is 5.88. The van der Waals surface area contributed by atoms with Crippen molar-refractivity contribution in [2.24, 2.45) is 0 Å². The molecule has 2 N–H and O–H groups in total. The molecule has 0 atom stereocenters. The number of carbonyl (C=O) groups is 1. The molecule has 0 unspecified atom stereocenters. The number of allylic oxidation sites excluding steroid dienone is 1. The van der Waals surface area contributed by atoms with Crippen molar-refractivity contribution in [1.82, 2.24) is 10.6 Å². The van der Waals surface area contributed by atoms with Crippen LogP contribution in [0.5, 0.6) is 0 Å². The van der Waals surface area contributed by atoms with E-state index in [1.165, 1.54) is 6.92 Å². The van der Waals surface area contributed by atoms with Crippen LogP contribution in [0.2, 0.25) is 0 Å². The van der Waals surface area contributed by atoms with Crippen molar-refractivity contribution in [2.75, 3.05) is 0 Å². The lowest BCUT2D eigenvalue weighted by Gasteiger charge is -2.06. The Morgan fingerprint density at radius 3 is 2.67 bits per heavy atom. The third-order valence-corrected chi connectivity index (χ3v) is 1.03. The minimum atomic E-state index is 0.0341. The Morgan fingerprint density at radius 1 is 1.56 bits per heavy atom. The molecule has 0 aliphatic carbocycles. The molecule has 1 aliphatic heterocycles. The SMILES string of the molecule is CC(=O)C1=CNC=CN1. The zero-order chi connectivity index (χ0) is 6.69. The second-order valence-electron chi connectivity index (χ2n) is 1.76. The zero-order valence-corrected chi connectivity index (χ0v) is 5.14. The van der Waals surface area contributed by atoms with Crippen LogP contribution >= 0.6 is 0 Å². The minimum absolute atomic E-state index is 0.0341. The van der Waals surface area contributed by atoms with Gasteiger partial charge in [0.2, 0.25) is 0 Å². The van der Waals surface area contributed by atoms with Gasteiger partial charge in [-0.15, -0.1) is 0 Å². The van der Waals surface area contributed by atoms with Crippen molar-refractivity contribution in [3.63, 3.8) is 0 Å². The molecule has 3 heteroatoms. The van der Waals surface area contributed by atoms with Crippen LogP contribution in [0.1, 0.15) is 6.92 Å². The maximum absolute atomic E-state index is 10.6. The van der Waals surface area contributed by atoms with E-state index in [9.17, 15) is 4.79 Å². The molecule has 0 aromatic carbocycles. The van der Waals surface area contributed by atoms with Crippen LogP contribution in [-0.4, -0.2) is 5.78 Å². The second-order valence-corrected chi connectivity index (χ2v) is 1.76. The number of nitrogens with one attached hydrogen (secondary N) is 2. The van der Waals surface area contributed by atoms with E-state index in [-0.39, 0.29) is 5.78 Å². The van der Waals surface area contributed by atoms with Gasteiger partial charge in [0.05, 0.1) is 5.70 Å². The summed E-state index contributed by atoms with van der Waals surface area (Å²) < 4.78 is 0. The Hall–Kier alpha value is -1.25. The van der Waals surface area contributed by atoms with Gasteiger partial charge in [0, 0.05) is 25.5 Å². The summed E-state index contributed by atoms with van der Waals surface area (Å²) in [5.41, 5.74) is 0.595. The highest BCUT2D eigenvalue weighted by Gasteiger charge is 2.00. The molecule has 9 heavy (non-hydrogen) atoms. The summed E-state index contributed by atoms with van der Waals surface area (Å²) >= 11 is 0. The van der Waals surface area contributed by atoms with Crippen molar-refractivity contribution in [3.05, 3.63) is 24.3 Å². The van der Waals surface area contributed by atoms with E-state index >= 15 is 0 Å². The molecule has 1 heterocycles. The van der Waals surface area contributed by atoms with Crippen LogP contribution in [0.25, 0.3) is 0 Å². The fraction of sp³-hybridized carbons (Fsp3) is 0.167. The van der Waals surface area contributed by atoms with Gasteiger partial charge >= 0.3 is 0 Å². The summed E-state index contributed by atoms with van der Waals surface area (Å²) in [5.74, 6) is 0.0341. The van der Waals surface area contributed by atoms with E-state index in [0.29, 0.717) is 5.70 Å². The average Bonchev–Trinajstić information content (AvgIpc) is 1.90. The first-order valence-corrected chi connectivity index (χ1v) is 2.69. The Bertz CT molecular complexity index is 181. The van der Waals surface area contributed by atoms with E-state index in [2.05, 4.69) is 10.6 Å². The lowest BCUT2D eigenvalue weighted by atomic mass is 10.3. The van der Waals surface area contributed by atoms with Crippen LogP contribution in [0.15, 0.2) is 24.3 Å². The van der Waals surface area contributed by atoms with E-state index in [1.54, 1.807) is 18.6 Å². The van der Waals surface area contributed by atoms with E-state index < -0.39 is 0 Å². The van der Waals surface area contributed by atoms with Crippen molar-refractivity contribution in [2.45, 2.75) is 6.92 Å². The number of hydrogen-bond donors (Lipinski definition) is 2. The maximum atomic E-state index is 10.6. The molecule has 0 amide bonds. The summed E-state index contributed by atoms with van der Waals surface area (Å²) in [6.07, 6.45) is 5.02. The monoisotopic (exact) mass is 124 g/mol. The highest BCUT2D eigenvalue weighted by molar-refractivity contribution is 5.92. The van der Waals surface area contributed by atoms with Crippen LogP contribution in [0, 0.1) is 0 Å². The molecule has 0 aromatic rings. The van der Waals surface area contributed by atoms with Gasteiger partial charge < -0.3 is 10.6 Å². The van der Waals surface area contributed by atoms with Gasteiger partial charge in [-0.1, -0.05) is 0 Å². The van der Waals surface area contributed by atoms with E-state index in [0.717, 1.165) is 0 Å². The number of hydrogen-bond acceptors (Lipinski definition) is 3. The molecule has 0 saturated carbocycles. The number of ketones is 1. The van der Waals surface area contributed by atoms with Crippen molar-refractivity contribution in [1.29, 1.82) is 0 Å². The van der Waals surface area contributed by atoms with Crippen LogP contribution in [0.4, 0.5) is 0 Å². The molecule has 48 valence electrons. The molecule has 0 saturated heterocycles. The van der Waals surface area contributed by atoms with Gasteiger partial charge in [0.1, 0.15) is 0 Å². The second kappa shape index (κ2) is 2.35. The quantitative estimate of drug-likeness (QED) is 0.520. The largest absolute Gasteiger partial charge is 0.365 e. The summed E-state index contributed by atoms with van der Waals surface area (Å²) in [4.78, 5) is 10.6. The number of rotatable bonds is 1. The molecule has 0 radical (unpaired) electrons. The van der Waals surface area contributed by atoms with Crippen LogP contribution in [-0.2, 0) is 4.79 Å². The summed E-state index contributed by atoms with van der Waals surface area (Å²) in [6, 6.07) is 0. The van der Waals surface area contributed by atoms with Gasteiger partial charge in [-0.05, 0) is 0 Å². The third kappa shape index (κ3) is 1.32. The maximum Gasteiger partial charge on any atom is 0.177 e. The number of Topliss-reactive ketones (excluding diaryl/α,β-unsaturated/α-hetero) is 1. The van der Waals surface area contributed by atoms with Crippen LogP contribution < -0.4 is 10.6 Å². The molecule has 0 bridgehead atoms. The Labute approximate surface area is 53.4 Å². The smallest absolute Gasteiger partial charge is 0.177 e. The van der Waals surface area contributed by atoms with E-state index in [4.69, 9.17) is 0 Å². The molecule has 1 aliphatic rings. The van der Waals surface area contributed by atoms with Crippen molar-refractivity contribution >= 4 is 5.78 Å². The normalized spacial score (nSPS) is 15.4. The summed E-state index contributed by atoms with van der Waals surface area (Å²) in [5, 5.41) is 5.58. The predicted molar refractivity (Wildman–Crippen MR) is 34.2 cm³/mol. The van der Waals surface area contributed by atoms with Crippen LogP contribution in [0.3, 0.4) is 0 Å². The Kier molecular flexibility index (Phi) is 1.53. The molecule has 3 nitrogen and oxygen atoms in total. The lowest BCUT2D eigenvalue weighted by molar-refractivity contribution is -0.113. The Morgan fingerprint density at radius 2 is 2.33 bits per heavy atom. The minimum Gasteiger partial charge on any atom is -0.365 e. The molecular formula is C6H8N2O. The highest BCUT2D eigenvalue weighted by Crippen LogP contribution is 1.91. The van der Waals surface area contributed by atoms with Crippen molar-refractivity contribution < 1.29 is 4.79 Å². The average molecular weight is 124 g/mol. The Balaban J connectivity index is 2.61.